The van der Waals surface area contributed by atoms with Gasteiger partial charge in [0.2, 0.25) is 0 Å². The van der Waals surface area contributed by atoms with Crippen LogP contribution >= 0.6 is 0 Å². The summed E-state index contributed by atoms with van der Waals surface area (Å²) in [6, 6.07) is 2.00. The van der Waals surface area contributed by atoms with Crippen molar-refractivity contribution in [3.63, 3.8) is 0 Å². The topological polar surface area (TPSA) is 28.2 Å². The minimum absolute atomic E-state index is 0. The van der Waals surface area contributed by atoms with Crippen LogP contribution in [0.25, 0.3) is 10.6 Å². The van der Waals surface area contributed by atoms with E-state index in [-0.39, 0.29) is 64.8 Å². The molecule has 4 heteroatoms. The summed E-state index contributed by atoms with van der Waals surface area (Å²) in [5.41, 5.74) is 0. The molecule has 0 heterocycles. The summed E-state index contributed by atoms with van der Waals surface area (Å²) in [5, 5.41) is 8.56. The van der Waals surface area contributed by atoms with Crippen molar-refractivity contribution in [2.45, 2.75) is 79.6 Å². The van der Waals surface area contributed by atoms with Gasteiger partial charge in [-0.05, 0) is 0 Å². The van der Waals surface area contributed by atoms with Crippen molar-refractivity contribution in [1.82, 2.24) is 0 Å². The average Bonchev–Trinajstić information content (AvgIpc) is 1.79. The van der Waals surface area contributed by atoms with E-state index in [1.807, 2.05) is 0 Å². The van der Waals surface area contributed by atoms with Gasteiger partial charge in [0, 0.05) is 0 Å². The molecule has 0 rings (SSSR count). The first-order valence-corrected chi connectivity index (χ1v) is 5.65. The first kappa shape index (κ1) is 26.5. The quantitative estimate of drug-likeness (QED) is 0.554. The molecule has 0 aromatic heterocycles. The predicted octanol–water partition coefficient (Wildman–Crippen LogP) is 1.36. The van der Waals surface area contributed by atoms with Crippen LogP contribution in [0.4, 0.5) is 0 Å². The molecule has 0 aliphatic rings. The molecule has 0 aliphatic carbocycles. The van der Waals surface area contributed by atoms with E-state index in [0.29, 0.717) is 24.2 Å². The average molecular weight is 472 g/mol. The van der Waals surface area contributed by atoms with Crippen molar-refractivity contribution in [2.24, 2.45) is 0 Å². The molecule has 0 atom stereocenters. The summed E-state index contributed by atoms with van der Waals surface area (Å²) < 4.78 is 0. The van der Waals surface area contributed by atoms with Crippen LogP contribution in [0.5, 0.6) is 0 Å². The van der Waals surface area contributed by atoms with Crippen molar-refractivity contribution in [3.05, 3.63) is 10.6 Å². The Hall–Kier alpha value is 2.00. The van der Waals surface area contributed by atoms with Gasteiger partial charge in [-0.25, -0.2) is 0 Å². The molecule has 16 heavy (non-hydrogen) atoms. The van der Waals surface area contributed by atoms with Crippen molar-refractivity contribution < 1.29 is 64.8 Å². The molecule has 0 saturated heterocycles. The summed E-state index contributed by atoms with van der Waals surface area (Å²) in [6.45, 7) is 16.8. The zero-order chi connectivity index (χ0) is 11.7. The molecular formula is C12H28IN2Nd. The Morgan fingerprint density at radius 1 is 0.500 bits per heavy atom. The Morgan fingerprint density at radius 2 is 0.625 bits per heavy atom. The number of hydrogen-bond acceptors (Lipinski definition) is 0. The summed E-state index contributed by atoms with van der Waals surface area (Å²) in [7, 11) is 0. The predicted molar refractivity (Wildman–Crippen MR) is 67.3 cm³/mol. The monoisotopic (exact) mass is 469 g/mol. The largest absolute Gasteiger partial charge is 3.00 e. The number of rotatable bonds is 4. The standard InChI is InChI=1S/2C6H14N.HI.Nd/c2*1-5(2)7-6(3)4;;/h2*5-6H,1-4H3;1H;/q2*-1;;+3/p-1. The normalized spacial score (nSPS) is 9.75. The molecule has 0 aliphatic heterocycles. The van der Waals surface area contributed by atoms with Crippen molar-refractivity contribution >= 4 is 0 Å². The first-order chi connectivity index (χ1) is 6.25. The van der Waals surface area contributed by atoms with Gasteiger partial charge >= 0.3 is 40.8 Å². The van der Waals surface area contributed by atoms with Crippen LogP contribution in [0.1, 0.15) is 55.4 Å². The van der Waals surface area contributed by atoms with Gasteiger partial charge in [-0.1, -0.05) is 55.4 Å². The molecule has 0 amide bonds. The summed E-state index contributed by atoms with van der Waals surface area (Å²) in [6.07, 6.45) is 0. The molecule has 0 aromatic carbocycles. The molecule has 1 radical (unpaired) electrons. The van der Waals surface area contributed by atoms with E-state index in [1.54, 1.807) is 0 Å². The van der Waals surface area contributed by atoms with E-state index < -0.39 is 0 Å². The zero-order valence-corrected chi connectivity index (χ0v) is 17.4. The van der Waals surface area contributed by atoms with Gasteiger partial charge in [0.25, 0.3) is 0 Å². The van der Waals surface area contributed by atoms with E-state index in [2.05, 4.69) is 66.0 Å². The van der Waals surface area contributed by atoms with Gasteiger partial charge in [-0.2, -0.15) is 0 Å². The zero-order valence-electron chi connectivity index (χ0n) is 12.1. The Bertz CT molecular complexity index is 91.6. The molecule has 0 N–H and O–H groups in total. The molecule has 0 aromatic rings. The van der Waals surface area contributed by atoms with Crippen molar-refractivity contribution in [2.75, 3.05) is 0 Å². The van der Waals surface area contributed by atoms with E-state index >= 15 is 0 Å². The Balaban J connectivity index is -0.0000000800. The maximum Gasteiger partial charge on any atom is 3.00 e. The minimum atomic E-state index is 0. The second-order valence-electron chi connectivity index (χ2n) is 4.67. The van der Waals surface area contributed by atoms with Crippen LogP contribution < -0.4 is 24.0 Å². The third-order valence-electron chi connectivity index (χ3n) is 1.19. The Kier molecular flexibility index (Phi) is 28.2. The molecule has 0 spiro atoms. The van der Waals surface area contributed by atoms with Gasteiger partial charge in [0.05, 0.1) is 0 Å². The molecule has 0 saturated carbocycles. The summed E-state index contributed by atoms with van der Waals surface area (Å²) in [4.78, 5) is 0. The van der Waals surface area contributed by atoms with Gasteiger partial charge in [-0.15, -0.1) is 24.2 Å². The molecule has 0 unspecified atom stereocenters. The maximum atomic E-state index is 4.28. The third kappa shape index (κ3) is 36.0. The van der Waals surface area contributed by atoms with Crippen LogP contribution in [0.15, 0.2) is 0 Å². The SMILES string of the molecule is CC(C)[N-]C(C)C.CC(C)[N-]C(C)C.[I-].[Nd+3]. The fourth-order valence-corrected chi connectivity index (χ4v) is 1.19. The molecular weight excluding hydrogens is 443 g/mol. The number of hydrogen-bond donors (Lipinski definition) is 0. The summed E-state index contributed by atoms with van der Waals surface area (Å²) in [5.74, 6) is 0. The van der Waals surface area contributed by atoms with Gasteiger partial charge < -0.3 is 34.6 Å². The van der Waals surface area contributed by atoms with Crippen LogP contribution in [0, 0.1) is 40.8 Å². The first-order valence-electron chi connectivity index (χ1n) is 5.65. The number of halogens is 1. The van der Waals surface area contributed by atoms with E-state index in [1.165, 1.54) is 0 Å². The summed E-state index contributed by atoms with van der Waals surface area (Å²) >= 11 is 0. The van der Waals surface area contributed by atoms with Crippen molar-refractivity contribution in [1.29, 1.82) is 0 Å². The molecule has 0 fully saturated rings. The van der Waals surface area contributed by atoms with Crippen LogP contribution in [-0.2, 0) is 0 Å². The van der Waals surface area contributed by atoms with Crippen LogP contribution in [0.3, 0.4) is 0 Å². The van der Waals surface area contributed by atoms with E-state index in [0.717, 1.165) is 0 Å². The van der Waals surface area contributed by atoms with Gasteiger partial charge in [0.1, 0.15) is 0 Å². The van der Waals surface area contributed by atoms with Crippen LogP contribution in [0.2, 0.25) is 0 Å². The molecule has 0 bridgehead atoms. The fraction of sp³-hybridized carbons (Fsp3) is 1.00. The van der Waals surface area contributed by atoms with E-state index in [4.69, 9.17) is 0 Å². The second kappa shape index (κ2) is 17.0. The van der Waals surface area contributed by atoms with Gasteiger partial charge in [0.15, 0.2) is 0 Å². The van der Waals surface area contributed by atoms with Crippen LogP contribution in [-0.4, -0.2) is 24.2 Å². The van der Waals surface area contributed by atoms with E-state index in [9.17, 15) is 0 Å². The Morgan fingerprint density at radius 3 is 0.625 bits per heavy atom. The minimum Gasteiger partial charge on any atom is -1.00 e. The molecule has 97 valence electrons. The fourth-order valence-electron chi connectivity index (χ4n) is 1.19. The second-order valence-corrected chi connectivity index (χ2v) is 4.67. The Labute approximate surface area is 153 Å². The smallest absolute Gasteiger partial charge is 1.00 e. The third-order valence-corrected chi connectivity index (χ3v) is 1.19. The molecule has 2 nitrogen and oxygen atoms in total. The number of nitrogens with zero attached hydrogens (tertiary/aromatic N) is 2. The van der Waals surface area contributed by atoms with Gasteiger partial charge in [-0.3, -0.25) is 0 Å². The maximum absolute atomic E-state index is 4.28. The van der Waals surface area contributed by atoms with Crippen molar-refractivity contribution in [3.8, 4) is 0 Å².